The van der Waals surface area contributed by atoms with Crippen LogP contribution >= 0.6 is 0 Å². The van der Waals surface area contributed by atoms with Gasteiger partial charge in [-0.1, -0.05) is 13.0 Å². The van der Waals surface area contributed by atoms with Gasteiger partial charge in [-0.3, -0.25) is 9.59 Å². The van der Waals surface area contributed by atoms with Crippen LogP contribution in [0.1, 0.15) is 37.0 Å². The van der Waals surface area contributed by atoms with Crippen LogP contribution in [0.4, 0.5) is 5.69 Å². The van der Waals surface area contributed by atoms with Gasteiger partial charge in [0.2, 0.25) is 15.9 Å². The Bertz CT molecular complexity index is 1220. The molecular weight excluding hydrogens is 454 g/mol. The highest BCUT2D eigenvalue weighted by Gasteiger charge is 2.29. The predicted octanol–water partition coefficient (Wildman–Crippen LogP) is 2.18. The summed E-state index contributed by atoms with van der Waals surface area (Å²) in [5.74, 6) is -0.967. The van der Waals surface area contributed by atoms with E-state index in [1.54, 1.807) is 0 Å². The van der Waals surface area contributed by atoms with Crippen LogP contribution in [0.25, 0.3) is 0 Å². The molecule has 1 saturated heterocycles. The molecule has 1 fully saturated rings. The van der Waals surface area contributed by atoms with Crippen LogP contribution in [0.3, 0.4) is 0 Å². The van der Waals surface area contributed by atoms with E-state index in [4.69, 9.17) is 0 Å². The second kappa shape index (κ2) is 9.39. The number of nitrogens with zero attached hydrogens (tertiary/aromatic N) is 1. The van der Waals surface area contributed by atoms with Gasteiger partial charge in [0.1, 0.15) is 0 Å². The fourth-order valence-electron chi connectivity index (χ4n) is 3.48. The van der Waals surface area contributed by atoms with Crippen LogP contribution < -0.4 is 10.0 Å². The maximum absolute atomic E-state index is 13.0. The number of nitrogens with one attached hydrogen (secondary N) is 2. The van der Waals surface area contributed by atoms with Crippen molar-refractivity contribution in [3.8, 4) is 0 Å². The van der Waals surface area contributed by atoms with E-state index in [1.165, 1.54) is 52.8 Å². The quantitative estimate of drug-likeness (QED) is 0.653. The molecule has 9 nitrogen and oxygen atoms in total. The van der Waals surface area contributed by atoms with Gasteiger partial charge in [-0.2, -0.15) is 4.31 Å². The molecule has 1 aliphatic rings. The molecule has 1 atom stereocenters. The predicted molar refractivity (Wildman–Crippen MR) is 119 cm³/mol. The first-order valence-electron chi connectivity index (χ1n) is 10.0. The number of piperidine rings is 1. The van der Waals surface area contributed by atoms with E-state index < -0.39 is 31.9 Å². The van der Waals surface area contributed by atoms with Crippen LogP contribution in [0.5, 0.6) is 0 Å². The topological polar surface area (TPSA) is 130 Å². The Hall–Kier alpha value is -2.76. The van der Waals surface area contributed by atoms with E-state index in [9.17, 15) is 26.4 Å². The standard InChI is InChI=1S/C21H25N3O6S2/c1-15-5-4-12-24(14-15)32(29,30)20-7-3-6-17(13-20)21(26)22-18-8-10-19(11-9-18)31(27,28)23-16(2)25/h3,6-11,13,15H,4-5,12,14H2,1-2H3,(H,22,26)(H,23,25)/t15-/m1/s1. The van der Waals surface area contributed by atoms with Crippen molar-refractivity contribution in [1.29, 1.82) is 0 Å². The van der Waals surface area contributed by atoms with Crippen LogP contribution in [0.2, 0.25) is 0 Å². The second-order valence-electron chi connectivity index (χ2n) is 7.78. The molecule has 1 aliphatic heterocycles. The van der Waals surface area contributed by atoms with Gasteiger partial charge in [-0.25, -0.2) is 21.6 Å². The first-order valence-corrected chi connectivity index (χ1v) is 13.0. The zero-order valence-corrected chi connectivity index (χ0v) is 19.4. The van der Waals surface area contributed by atoms with E-state index in [-0.39, 0.29) is 21.3 Å². The molecule has 0 aromatic heterocycles. The average Bonchev–Trinajstić information content (AvgIpc) is 2.73. The van der Waals surface area contributed by atoms with Gasteiger partial charge in [0.25, 0.3) is 15.9 Å². The molecule has 0 aliphatic carbocycles. The molecule has 2 aromatic carbocycles. The highest BCUT2D eigenvalue weighted by Crippen LogP contribution is 2.24. The minimum absolute atomic E-state index is 0.0519. The van der Waals surface area contributed by atoms with Crippen molar-refractivity contribution < 1.29 is 26.4 Å². The van der Waals surface area contributed by atoms with Crippen molar-refractivity contribution in [3.63, 3.8) is 0 Å². The first-order chi connectivity index (χ1) is 15.0. The lowest BCUT2D eigenvalue weighted by Gasteiger charge is -2.30. The number of amides is 2. The summed E-state index contributed by atoms with van der Waals surface area (Å²) in [5, 5.41) is 2.61. The molecule has 0 unspecified atom stereocenters. The van der Waals surface area contributed by atoms with E-state index in [1.807, 2.05) is 11.6 Å². The summed E-state index contributed by atoms with van der Waals surface area (Å²) >= 11 is 0. The molecule has 11 heteroatoms. The number of hydrogen-bond acceptors (Lipinski definition) is 6. The lowest BCUT2D eigenvalue weighted by Crippen LogP contribution is -2.39. The Balaban J connectivity index is 1.76. The lowest BCUT2D eigenvalue weighted by molar-refractivity contribution is -0.117. The molecule has 0 spiro atoms. The Morgan fingerprint density at radius 2 is 1.69 bits per heavy atom. The van der Waals surface area contributed by atoms with Gasteiger partial charge < -0.3 is 5.32 Å². The minimum atomic E-state index is -3.98. The van der Waals surface area contributed by atoms with Gasteiger partial charge in [0.05, 0.1) is 9.79 Å². The number of carbonyl (C=O) groups excluding carboxylic acids is 2. The van der Waals surface area contributed by atoms with E-state index in [2.05, 4.69) is 5.32 Å². The van der Waals surface area contributed by atoms with Crippen LogP contribution in [-0.2, 0) is 24.8 Å². The fraction of sp³-hybridized carbons (Fsp3) is 0.333. The normalized spacial score (nSPS) is 17.5. The zero-order valence-electron chi connectivity index (χ0n) is 17.7. The maximum Gasteiger partial charge on any atom is 0.264 e. The maximum atomic E-state index is 13.0. The van der Waals surface area contributed by atoms with Gasteiger partial charge in [0, 0.05) is 31.3 Å². The molecule has 3 rings (SSSR count). The zero-order chi connectivity index (χ0) is 23.5. The number of benzene rings is 2. The average molecular weight is 480 g/mol. The highest BCUT2D eigenvalue weighted by atomic mass is 32.2. The Morgan fingerprint density at radius 1 is 1.00 bits per heavy atom. The number of sulfonamides is 2. The van der Waals surface area contributed by atoms with Gasteiger partial charge in [-0.05, 0) is 61.2 Å². The van der Waals surface area contributed by atoms with Crippen LogP contribution in [0, 0.1) is 5.92 Å². The second-order valence-corrected chi connectivity index (χ2v) is 11.4. The molecular formula is C21H25N3O6S2. The molecule has 2 aromatic rings. The first kappa shape index (κ1) is 23.9. The third kappa shape index (κ3) is 5.53. The summed E-state index contributed by atoms with van der Waals surface area (Å²) in [6, 6.07) is 11.1. The summed E-state index contributed by atoms with van der Waals surface area (Å²) in [4.78, 5) is 23.6. The number of hydrogen-bond donors (Lipinski definition) is 2. The number of anilines is 1. The third-order valence-corrected chi connectivity index (χ3v) is 8.36. The van der Waals surface area contributed by atoms with Crippen molar-refractivity contribution in [2.24, 2.45) is 5.92 Å². The van der Waals surface area contributed by atoms with Crippen molar-refractivity contribution >= 4 is 37.5 Å². The minimum Gasteiger partial charge on any atom is -0.322 e. The van der Waals surface area contributed by atoms with Crippen molar-refractivity contribution in [2.45, 2.75) is 36.5 Å². The van der Waals surface area contributed by atoms with E-state index in [0.717, 1.165) is 19.8 Å². The van der Waals surface area contributed by atoms with Gasteiger partial charge in [-0.15, -0.1) is 0 Å². The van der Waals surface area contributed by atoms with Crippen molar-refractivity contribution in [1.82, 2.24) is 9.03 Å². The largest absolute Gasteiger partial charge is 0.322 e. The lowest BCUT2D eigenvalue weighted by atomic mass is 10.0. The van der Waals surface area contributed by atoms with Gasteiger partial charge in [0.15, 0.2) is 0 Å². The molecule has 0 saturated carbocycles. The fourth-order valence-corrected chi connectivity index (χ4v) is 6.12. The van der Waals surface area contributed by atoms with Gasteiger partial charge >= 0.3 is 0 Å². The molecule has 32 heavy (non-hydrogen) atoms. The number of rotatable bonds is 6. The van der Waals surface area contributed by atoms with E-state index >= 15 is 0 Å². The Morgan fingerprint density at radius 3 is 2.31 bits per heavy atom. The summed E-state index contributed by atoms with van der Waals surface area (Å²) in [7, 11) is -7.68. The monoisotopic (exact) mass is 479 g/mol. The molecule has 172 valence electrons. The summed E-state index contributed by atoms with van der Waals surface area (Å²) in [6.07, 6.45) is 1.79. The van der Waals surface area contributed by atoms with Crippen molar-refractivity contribution in [3.05, 3.63) is 54.1 Å². The van der Waals surface area contributed by atoms with Crippen molar-refractivity contribution in [2.75, 3.05) is 18.4 Å². The molecule has 2 amide bonds. The SMILES string of the molecule is CC(=O)NS(=O)(=O)c1ccc(NC(=O)c2cccc(S(=O)(=O)N3CCC[C@@H](C)C3)c2)cc1. The molecule has 1 heterocycles. The van der Waals surface area contributed by atoms with Crippen LogP contribution in [0.15, 0.2) is 58.3 Å². The molecule has 2 N–H and O–H groups in total. The van der Waals surface area contributed by atoms with Crippen LogP contribution in [-0.4, -0.2) is 46.0 Å². The molecule has 0 radical (unpaired) electrons. The van der Waals surface area contributed by atoms with E-state index in [0.29, 0.717) is 18.8 Å². The summed E-state index contributed by atoms with van der Waals surface area (Å²) < 4.78 is 53.3. The summed E-state index contributed by atoms with van der Waals surface area (Å²) in [6.45, 7) is 4.01. The smallest absolute Gasteiger partial charge is 0.264 e. The Labute approximate surface area is 187 Å². The summed E-state index contributed by atoms with van der Waals surface area (Å²) in [5.41, 5.74) is 0.473. The third-order valence-electron chi connectivity index (χ3n) is 5.05. The Kier molecular flexibility index (Phi) is 7.01. The highest BCUT2D eigenvalue weighted by molar-refractivity contribution is 7.90. The number of carbonyl (C=O) groups is 2. The molecule has 0 bridgehead atoms.